The first-order chi connectivity index (χ1) is 4.09. The standard InChI is InChI=1S/C4H9NO4/c5-4(9)3(8)2(7)1-6/h2-3,6-8H,1H2,(H2,5,9)/t2-,3-/m1/s1. The summed E-state index contributed by atoms with van der Waals surface area (Å²) < 4.78 is 0. The van der Waals surface area contributed by atoms with Crippen LogP contribution in [0.1, 0.15) is 0 Å². The molecular weight excluding hydrogens is 126 g/mol. The Balaban J connectivity index is 3.72. The summed E-state index contributed by atoms with van der Waals surface area (Å²) in [6.07, 6.45) is -3.14. The fourth-order valence-electron chi connectivity index (χ4n) is 0.289. The molecule has 0 unspecified atom stereocenters. The van der Waals surface area contributed by atoms with Gasteiger partial charge in [-0.15, -0.1) is 0 Å². The zero-order chi connectivity index (χ0) is 7.44. The number of hydrogen-bond donors (Lipinski definition) is 4. The molecule has 0 radical (unpaired) electrons. The Bertz CT molecular complexity index is 105. The molecule has 0 aliphatic rings. The molecule has 0 aromatic carbocycles. The highest BCUT2D eigenvalue weighted by molar-refractivity contribution is 5.79. The van der Waals surface area contributed by atoms with Crippen LogP contribution in [0.3, 0.4) is 0 Å². The van der Waals surface area contributed by atoms with Crippen molar-refractivity contribution >= 4 is 5.91 Å². The number of carbonyl (C=O) groups excluding carboxylic acids is 1. The van der Waals surface area contributed by atoms with Crippen LogP contribution in [-0.4, -0.2) is 40.0 Å². The highest BCUT2D eigenvalue weighted by Gasteiger charge is 2.19. The lowest BCUT2D eigenvalue weighted by atomic mass is 10.2. The van der Waals surface area contributed by atoms with E-state index in [-0.39, 0.29) is 0 Å². The number of amides is 1. The van der Waals surface area contributed by atoms with Gasteiger partial charge in [0.25, 0.3) is 0 Å². The molecule has 0 heterocycles. The number of rotatable bonds is 3. The monoisotopic (exact) mass is 135 g/mol. The third-order valence-electron chi connectivity index (χ3n) is 0.843. The number of aliphatic hydroxyl groups excluding tert-OH is 3. The average Bonchev–Trinajstić information content (AvgIpc) is 1.84. The second-order valence-electron chi connectivity index (χ2n) is 1.60. The molecule has 2 atom stereocenters. The van der Waals surface area contributed by atoms with Gasteiger partial charge in [0.05, 0.1) is 6.61 Å². The van der Waals surface area contributed by atoms with Crippen molar-refractivity contribution in [2.45, 2.75) is 12.2 Å². The third kappa shape index (κ3) is 2.41. The summed E-state index contributed by atoms with van der Waals surface area (Å²) in [5, 5.41) is 25.1. The Morgan fingerprint density at radius 2 is 2.00 bits per heavy atom. The highest BCUT2D eigenvalue weighted by Crippen LogP contribution is 1.89. The summed E-state index contributed by atoms with van der Waals surface area (Å²) in [6, 6.07) is 0. The molecule has 9 heavy (non-hydrogen) atoms. The second-order valence-corrected chi connectivity index (χ2v) is 1.60. The van der Waals surface area contributed by atoms with Crippen molar-refractivity contribution in [2.75, 3.05) is 6.61 Å². The van der Waals surface area contributed by atoms with Gasteiger partial charge in [0.15, 0.2) is 6.10 Å². The molecule has 0 fully saturated rings. The molecular formula is C4H9NO4. The van der Waals surface area contributed by atoms with Crippen LogP contribution in [0, 0.1) is 0 Å². The highest BCUT2D eigenvalue weighted by atomic mass is 16.4. The molecule has 0 aromatic rings. The smallest absolute Gasteiger partial charge is 0.249 e. The van der Waals surface area contributed by atoms with Crippen LogP contribution >= 0.6 is 0 Å². The van der Waals surface area contributed by atoms with Crippen LogP contribution in [0.25, 0.3) is 0 Å². The minimum absolute atomic E-state index is 0.676. The first-order valence-electron chi connectivity index (χ1n) is 2.36. The SMILES string of the molecule is NC(=O)[C@H](O)[C@H](O)CO. The lowest BCUT2D eigenvalue weighted by molar-refractivity contribution is -0.133. The molecule has 0 bridgehead atoms. The van der Waals surface area contributed by atoms with Crippen molar-refractivity contribution in [1.29, 1.82) is 0 Å². The van der Waals surface area contributed by atoms with Gasteiger partial charge in [0, 0.05) is 0 Å². The van der Waals surface area contributed by atoms with E-state index >= 15 is 0 Å². The van der Waals surface area contributed by atoms with E-state index in [0.717, 1.165) is 0 Å². The van der Waals surface area contributed by atoms with Gasteiger partial charge in [0.2, 0.25) is 5.91 Å². The molecule has 0 aliphatic heterocycles. The van der Waals surface area contributed by atoms with E-state index in [4.69, 9.17) is 15.3 Å². The number of nitrogens with two attached hydrogens (primary N) is 1. The van der Waals surface area contributed by atoms with Gasteiger partial charge >= 0.3 is 0 Å². The minimum atomic E-state index is -1.67. The van der Waals surface area contributed by atoms with Crippen molar-refractivity contribution in [3.63, 3.8) is 0 Å². The van der Waals surface area contributed by atoms with Gasteiger partial charge in [0.1, 0.15) is 6.10 Å². The quantitative estimate of drug-likeness (QED) is 0.335. The molecule has 0 saturated carbocycles. The van der Waals surface area contributed by atoms with E-state index in [1.807, 2.05) is 0 Å². The maximum absolute atomic E-state index is 10.0. The lowest BCUT2D eigenvalue weighted by Crippen LogP contribution is -2.40. The topological polar surface area (TPSA) is 104 Å². The van der Waals surface area contributed by atoms with Crippen molar-refractivity contribution < 1.29 is 20.1 Å². The minimum Gasteiger partial charge on any atom is -0.394 e. The second kappa shape index (κ2) is 3.39. The largest absolute Gasteiger partial charge is 0.394 e. The van der Waals surface area contributed by atoms with E-state index in [1.165, 1.54) is 0 Å². The Labute approximate surface area is 51.7 Å². The van der Waals surface area contributed by atoms with Crippen LogP contribution in [0.15, 0.2) is 0 Å². The van der Waals surface area contributed by atoms with Crippen LogP contribution < -0.4 is 5.73 Å². The number of carbonyl (C=O) groups is 1. The van der Waals surface area contributed by atoms with Gasteiger partial charge in [-0.1, -0.05) is 0 Å². The fourth-order valence-corrected chi connectivity index (χ4v) is 0.289. The van der Waals surface area contributed by atoms with Gasteiger partial charge in [-0.05, 0) is 0 Å². The van der Waals surface area contributed by atoms with E-state index in [1.54, 1.807) is 0 Å². The molecule has 0 aliphatic carbocycles. The molecule has 5 N–H and O–H groups in total. The lowest BCUT2D eigenvalue weighted by Gasteiger charge is -2.10. The molecule has 0 rings (SSSR count). The zero-order valence-corrected chi connectivity index (χ0v) is 4.69. The van der Waals surface area contributed by atoms with E-state index in [9.17, 15) is 4.79 Å². The summed E-state index contributed by atoms with van der Waals surface area (Å²) in [5.41, 5.74) is 4.55. The van der Waals surface area contributed by atoms with E-state index in [0.29, 0.717) is 0 Å². The summed E-state index contributed by atoms with van der Waals surface area (Å²) in [7, 11) is 0. The molecule has 1 amide bonds. The molecule has 54 valence electrons. The van der Waals surface area contributed by atoms with Gasteiger partial charge in [-0.3, -0.25) is 4.79 Å². The Morgan fingerprint density at radius 1 is 1.56 bits per heavy atom. The first-order valence-corrected chi connectivity index (χ1v) is 2.36. The van der Waals surface area contributed by atoms with Crippen LogP contribution in [0.4, 0.5) is 0 Å². The summed E-state index contributed by atoms with van der Waals surface area (Å²) in [4.78, 5) is 10.0. The van der Waals surface area contributed by atoms with Gasteiger partial charge in [-0.25, -0.2) is 0 Å². The van der Waals surface area contributed by atoms with Crippen LogP contribution in [-0.2, 0) is 4.79 Å². The average molecular weight is 135 g/mol. The Morgan fingerprint density at radius 3 is 2.11 bits per heavy atom. The first kappa shape index (κ1) is 8.35. The predicted molar refractivity (Wildman–Crippen MR) is 28.3 cm³/mol. The molecule has 0 spiro atoms. The molecule has 0 aromatic heterocycles. The summed E-state index contributed by atoms with van der Waals surface area (Å²) >= 11 is 0. The summed E-state index contributed by atoms with van der Waals surface area (Å²) in [6.45, 7) is -0.676. The zero-order valence-electron chi connectivity index (χ0n) is 4.69. The maximum Gasteiger partial charge on any atom is 0.249 e. The predicted octanol–water partition coefficient (Wildman–Crippen LogP) is -2.81. The summed E-state index contributed by atoms with van der Waals surface area (Å²) in [5.74, 6) is -1.04. The van der Waals surface area contributed by atoms with Crippen LogP contribution in [0.2, 0.25) is 0 Å². The van der Waals surface area contributed by atoms with Crippen LogP contribution in [0.5, 0.6) is 0 Å². The van der Waals surface area contributed by atoms with Crippen molar-refractivity contribution in [3.8, 4) is 0 Å². The number of aliphatic hydroxyl groups is 3. The van der Waals surface area contributed by atoms with E-state index in [2.05, 4.69) is 5.73 Å². The Hall–Kier alpha value is -0.650. The molecule has 5 heteroatoms. The van der Waals surface area contributed by atoms with E-state index < -0.39 is 24.7 Å². The third-order valence-corrected chi connectivity index (χ3v) is 0.843. The van der Waals surface area contributed by atoms with Crippen molar-refractivity contribution in [3.05, 3.63) is 0 Å². The number of primary amides is 1. The Kier molecular flexibility index (Phi) is 3.15. The number of hydrogen-bond acceptors (Lipinski definition) is 4. The van der Waals surface area contributed by atoms with Crippen molar-refractivity contribution in [2.24, 2.45) is 5.73 Å². The molecule has 5 nitrogen and oxygen atoms in total. The normalized spacial score (nSPS) is 16.8. The van der Waals surface area contributed by atoms with Gasteiger partial charge < -0.3 is 21.1 Å². The molecule has 0 saturated heterocycles. The van der Waals surface area contributed by atoms with Gasteiger partial charge in [-0.2, -0.15) is 0 Å². The van der Waals surface area contributed by atoms with Crippen molar-refractivity contribution in [1.82, 2.24) is 0 Å². The fraction of sp³-hybridized carbons (Fsp3) is 0.750. The maximum atomic E-state index is 10.0.